The minimum absolute atomic E-state index is 0.256. The van der Waals surface area contributed by atoms with Crippen LogP contribution < -0.4 is 0 Å². The highest BCUT2D eigenvalue weighted by Gasteiger charge is 2.58. The molecular formula is C17H24O4. The summed E-state index contributed by atoms with van der Waals surface area (Å²) in [5, 5.41) is 30.5. The van der Waals surface area contributed by atoms with Gasteiger partial charge in [0.2, 0.25) is 0 Å². The van der Waals surface area contributed by atoms with Crippen LogP contribution >= 0.6 is 0 Å². The molecule has 0 heterocycles. The van der Waals surface area contributed by atoms with Crippen LogP contribution in [-0.4, -0.2) is 27.4 Å². The number of aliphatic hydroxyl groups is 2. The average Bonchev–Trinajstić information content (AvgIpc) is 2.70. The van der Waals surface area contributed by atoms with Crippen LogP contribution in [-0.2, 0) is 4.79 Å². The van der Waals surface area contributed by atoms with Gasteiger partial charge in [-0.2, -0.15) is 0 Å². The first-order valence-corrected chi connectivity index (χ1v) is 7.36. The van der Waals surface area contributed by atoms with Crippen molar-refractivity contribution >= 4 is 5.97 Å². The molecule has 1 aliphatic rings. The molecule has 4 atom stereocenters. The van der Waals surface area contributed by atoms with Crippen LogP contribution in [0.25, 0.3) is 0 Å². The summed E-state index contributed by atoms with van der Waals surface area (Å²) in [6.07, 6.45) is -0.852. The molecular weight excluding hydrogens is 268 g/mol. The Morgan fingerprint density at radius 2 is 1.76 bits per heavy atom. The summed E-state index contributed by atoms with van der Waals surface area (Å²) in [5.74, 6) is -1.09. The van der Waals surface area contributed by atoms with E-state index in [1.165, 1.54) is 0 Å². The van der Waals surface area contributed by atoms with Crippen molar-refractivity contribution in [2.75, 3.05) is 0 Å². The minimum Gasteiger partial charge on any atom is -0.481 e. The first kappa shape index (κ1) is 16.0. The summed E-state index contributed by atoms with van der Waals surface area (Å²) < 4.78 is 0. The van der Waals surface area contributed by atoms with Gasteiger partial charge in [0.25, 0.3) is 0 Å². The van der Waals surface area contributed by atoms with E-state index in [9.17, 15) is 20.1 Å². The standard InChI is InChI=1S/C17H24O4/c1-16(2)12(9-10-17(16,3)15(20)21)14(19)13(18)11-7-5-4-6-8-11/h4-8,12-14,18-19H,9-10H2,1-3H3,(H,20,21)/t12-,13-,14+,17-/m1/s1. The van der Waals surface area contributed by atoms with Gasteiger partial charge in [0.15, 0.2) is 0 Å². The quantitative estimate of drug-likeness (QED) is 0.797. The monoisotopic (exact) mass is 292 g/mol. The Hall–Kier alpha value is -1.39. The van der Waals surface area contributed by atoms with Gasteiger partial charge in [0.1, 0.15) is 6.10 Å². The van der Waals surface area contributed by atoms with Gasteiger partial charge >= 0.3 is 5.97 Å². The first-order valence-electron chi connectivity index (χ1n) is 7.36. The average molecular weight is 292 g/mol. The minimum atomic E-state index is -0.994. The third kappa shape index (κ3) is 2.47. The molecule has 1 fully saturated rings. The van der Waals surface area contributed by atoms with E-state index in [-0.39, 0.29) is 5.92 Å². The van der Waals surface area contributed by atoms with Gasteiger partial charge in [-0.15, -0.1) is 0 Å². The SMILES string of the molecule is CC1(C)[C@@H]([C@H](O)[C@H](O)c2ccccc2)CC[C@]1(C)C(=O)O. The maximum absolute atomic E-state index is 11.6. The normalized spacial score (nSPS) is 30.8. The van der Waals surface area contributed by atoms with E-state index in [1.807, 2.05) is 32.0 Å². The number of carbonyl (C=O) groups is 1. The molecule has 2 rings (SSSR count). The number of aliphatic carboxylic acids is 1. The Bertz CT molecular complexity index is 511. The Morgan fingerprint density at radius 3 is 2.24 bits per heavy atom. The molecule has 0 amide bonds. The van der Waals surface area contributed by atoms with E-state index >= 15 is 0 Å². The Balaban J connectivity index is 2.25. The second-order valence-corrected chi connectivity index (χ2v) is 6.85. The largest absolute Gasteiger partial charge is 0.481 e. The summed E-state index contributed by atoms with van der Waals surface area (Å²) in [6, 6.07) is 9.01. The van der Waals surface area contributed by atoms with Crippen LogP contribution in [0.15, 0.2) is 30.3 Å². The highest BCUT2D eigenvalue weighted by molar-refractivity contribution is 5.75. The smallest absolute Gasteiger partial charge is 0.309 e. The van der Waals surface area contributed by atoms with Crippen molar-refractivity contribution < 1.29 is 20.1 Å². The Morgan fingerprint density at radius 1 is 1.19 bits per heavy atom. The first-order chi connectivity index (χ1) is 9.72. The molecule has 0 spiro atoms. The molecule has 1 saturated carbocycles. The molecule has 1 aromatic carbocycles. The molecule has 3 N–H and O–H groups in total. The number of aliphatic hydroxyl groups excluding tert-OH is 2. The Kier molecular flexibility index (Phi) is 4.13. The highest BCUT2D eigenvalue weighted by atomic mass is 16.4. The van der Waals surface area contributed by atoms with Gasteiger partial charge in [-0.05, 0) is 36.7 Å². The molecule has 4 heteroatoms. The van der Waals surface area contributed by atoms with Gasteiger partial charge in [-0.3, -0.25) is 4.79 Å². The molecule has 0 aliphatic heterocycles. The maximum atomic E-state index is 11.6. The van der Waals surface area contributed by atoms with Gasteiger partial charge in [-0.1, -0.05) is 44.2 Å². The van der Waals surface area contributed by atoms with Crippen molar-refractivity contribution in [3.8, 4) is 0 Å². The van der Waals surface area contributed by atoms with Crippen LogP contribution in [0.1, 0.15) is 45.3 Å². The predicted octanol–water partition coefficient (Wildman–Crippen LogP) is 2.61. The molecule has 116 valence electrons. The van der Waals surface area contributed by atoms with Gasteiger partial charge in [-0.25, -0.2) is 0 Å². The number of carboxylic acids is 1. The summed E-state index contributed by atoms with van der Waals surface area (Å²) in [7, 11) is 0. The fourth-order valence-corrected chi connectivity index (χ4v) is 3.58. The van der Waals surface area contributed by atoms with Crippen LogP contribution in [0.5, 0.6) is 0 Å². The zero-order valence-corrected chi connectivity index (χ0v) is 12.8. The van der Waals surface area contributed by atoms with Crippen LogP contribution in [0, 0.1) is 16.7 Å². The zero-order valence-electron chi connectivity index (χ0n) is 12.8. The fourth-order valence-electron chi connectivity index (χ4n) is 3.58. The third-order valence-electron chi connectivity index (χ3n) is 5.65. The van der Waals surface area contributed by atoms with E-state index in [1.54, 1.807) is 19.1 Å². The second kappa shape index (κ2) is 5.43. The van der Waals surface area contributed by atoms with E-state index < -0.39 is 29.0 Å². The number of hydrogen-bond donors (Lipinski definition) is 3. The number of hydrogen-bond acceptors (Lipinski definition) is 3. The van der Waals surface area contributed by atoms with Gasteiger partial charge in [0.05, 0.1) is 11.5 Å². The van der Waals surface area contributed by atoms with Crippen molar-refractivity contribution in [3.63, 3.8) is 0 Å². The van der Waals surface area contributed by atoms with E-state index in [0.717, 1.165) is 0 Å². The molecule has 1 aromatic rings. The number of rotatable bonds is 4. The van der Waals surface area contributed by atoms with Crippen molar-refractivity contribution in [1.82, 2.24) is 0 Å². The van der Waals surface area contributed by atoms with Crippen molar-refractivity contribution in [1.29, 1.82) is 0 Å². The van der Waals surface area contributed by atoms with Crippen LogP contribution in [0.4, 0.5) is 0 Å². The summed E-state index contributed by atoms with van der Waals surface area (Å²) >= 11 is 0. The lowest BCUT2D eigenvalue weighted by atomic mass is 9.64. The van der Waals surface area contributed by atoms with Gasteiger partial charge < -0.3 is 15.3 Å². The van der Waals surface area contributed by atoms with Crippen molar-refractivity contribution in [2.45, 2.75) is 45.8 Å². The molecule has 0 bridgehead atoms. The van der Waals surface area contributed by atoms with Crippen LogP contribution in [0.2, 0.25) is 0 Å². The summed E-state index contributed by atoms with van der Waals surface area (Å²) in [4.78, 5) is 11.6. The molecule has 21 heavy (non-hydrogen) atoms. The maximum Gasteiger partial charge on any atom is 0.309 e. The highest BCUT2D eigenvalue weighted by Crippen LogP contribution is 2.58. The van der Waals surface area contributed by atoms with Gasteiger partial charge in [0, 0.05) is 0 Å². The van der Waals surface area contributed by atoms with Crippen molar-refractivity contribution in [3.05, 3.63) is 35.9 Å². The molecule has 0 saturated heterocycles. The lowest BCUT2D eigenvalue weighted by Crippen LogP contribution is -2.45. The Labute approximate surface area is 125 Å². The molecule has 0 unspecified atom stereocenters. The summed E-state index contributed by atoms with van der Waals surface area (Å²) in [5.41, 5.74) is -0.812. The predicted molar refractivity (Wildman–Crippen MR) is 79.7 cm³/mol. The topological polar surface area (TPSA) is 77.8 Å². The number of carboxylic acid groups (broad SMARTS) is 1. The van der Waals surface area contributed by atoms with Crippen molar-refractivity contribution in [2.24, 2.45) is 16.7 Å². The molecule has 0 radical (unpaired) electrons. The van der Waals surface area contributed by atoms with E-state index in [2.05, 4.69) is 0 Å². The fraction of sp³-hybridized carbons (Fsp3) is 0.588. The molecule has 0 aromatic heterocycles. The third-order valence-corrected chi connectivity index (χ3v) is 5.65. The van der Waals surface area contributed by atoms with E-state index in [4.69, 9.17) is 0 Å². The second-order valence-electron chi connectivity index (χ2n) is 6.85. The molecule has 4 nitrogen and oxygen atoms in total. The van der Waals surface area contributed by atoms with Crippen LogP contribution in [0.3, 0.4) is 0 Å². The zero-order chi connectivity index (χ0) is 15.8. The molecule has 1 aliphatic carbocycles. The summed E-state index contributed by atoms with van der Waals surface area (Å²) in [6.45, 7) is 5.48. The lowest BCUT2D eigenvalue weighted by Gasteiger charge is -2.41. The number of benzene rings is 1. The lowest BCUT2D eigenvalue weighted by molar-refractivity contribution is -0.156. The van der Waals surface area contributed by atoms with E-state index in [0.29, 0.717) is 18.4 Å².